The first-order chi connectivity index (χ1) is 15.8. The summed E-state index contributed by atoms with van der Waals surface area (Å²) in [6.07, 6.45) is 2.60. The van der Waals surface area contributed by atoms with Crippen LogP contribution in [0.3, 0.4) is 0 Å². The van der Waals surface area contributed by atoms with Gasteiger partial charge < -0.3 is 23.8 Å². The van der Waals surface area contributed by atoms with Crippen molar-refractivity contribution in [2.24, 2.45) is 0 Å². The Kier molecular flexibility index (Phi) is 9.87. The van der Waals surface area contributed by atoms with Crippen molar-refractivity contribution in [2.45, 2.75) is 51.5 Å². The van der Waals surface area contributed by atoms with E-state index in [9.17, 15) is 5.26 Å². The van der Waals surface area contributed by atoms with Crippen LogP contribution in [0.5, 0.6) is 23.0 Å². The van der Waals surface area contributed by atoms with Gasteiger partial charge in [-0.1, -0.05) is 12.1 Å². The van der Waals surface area contributed by atoms with Gasteiger partial charge in [-0.25, -0.2) is 0 Å². The van der Waals surface area contributed by atoms with Gasteiger partial charge in [0.15, 0.2) is 23.0 Å². The van der Waals surface area contributed by atoms with Gasteiger partial charge >= 0.3 is 0 Å². The molecule has 0 N–H and O–H groups in total. The molecule has 0 unspecified atom stereocenters. The molecule has 0 aliphatic heterocycles. The first-order valence-electron chi connectivity index (χ1n) is 11.4. The molecule has 0 aliphatic rings. The van der Waals surface area contributed by atoms with Gasteiger partial charge in [0.05, 0.1) is 39.9 Å². The van der Waals surface area contributed by atoms with Gasteiger partial charge in [-0.3, -0.25) is 0 Å². The molecule has 0 bridgehead atoms. The van der Waals surface area contributed by atoms with E-state index < -0.39 is 5.41 Å². The van der Waals surface area contributed by atoms with Crippen LogP contribution < -0.4 is 18.9 Å². The van der Waals surface area contributed by atoms with Crippen molar-refractivity contribution in [3.63, 3.8) is 0 Å². The summed E-state index contributed by atoms with van der Waals surface area (Å²) in [5.74, 6) is 2.82. The van der Waals surface area contributed by atoms with Crippen molar-refractivity contribution >= 4 is 0 Å². The van der Waals surface area contributed by atoms with Crippen LogP contribution in [-0.2, 0) is 11.8 Å². The minimum Gasteiger partial charge on any atom is -0.493 e. The normalized spacial score (nSPS) is 12.8. The van der Waals surface area contributed by atoms with E-state index in [1.54, 1.807) is 28.4 Å². The summed E-state index contributed by atoms with van der Waals surface area (Å²) in [5.41, 5.74) is 1.57. The van der Waals surface area contributed by atoms with Gasteiger partial charge in [0.2, 0.25) is 0 Å². The quantitative estimate of drug-likeness (QED) is 0.413. The number of nitrogens with zero attached hydrogens (tertiary/aromatic N) is 2. The predicted octanol–water partition coefficient (Wildman–Crippen LogP) is 5.24. The minimum absolute atomic E-state index is 0.416. The van der Waals surface area contributed by atoms with Crippen LogP contribution in [0, 0.1) is 11.3 Å². The predicted molar refractivity (Wildman–Crippen MR) is 132 cm³/mol. The van der Waals surface area contributed by atoms with E-state index in [-0.39, 0.29) is 0 Å². The summed E-state index contributed by atoms with van der Waals surface area (Å²) in [4.78, 5) is 2.46. The van der Waals surface area contributed by atoms with Crippen molar-refractivity contribution in [3.8, 4) is 29.1 Å². The molecule has 0 saturated carbocycles. The highest BCUT2D eigenvalue weighted by molar-refractivity contribution is 5.47. The van der Waals surface area contributed by atoms with Crippen LogP contribution in [-0.4, -0.2) is 52.5 Å². The summed E-state index contributed by atoms with van der Waals surface area (Å²) in [7, 11) is 6.54. The van der Waals surface area contributed by atoms with E-state index in [2.05, 4.69) is 30.9 Å². The van der Waals surface area contributed by atoms with E-state index >= 15 is 0 Å². The summed E-state index contributed by atoms with van der Waals surface area (Å²) >= 11 is 0. The molecule has 0 spiro atoms. The number of methoxy groups -OCH3 is 4. The Morgan fingerprint density at radius 1 is 0.848 bits per heavy atom. The van der Waals surface area contributed by atoms with Crippen LogP contribution >= 0.6 is 0 Å². The minimum atomic E-state index is -0.592. The molecule has 0 heterocycles. The molecule has 0 fully saturated rings. The average molecular weight is 455 g/mol. The van der Waals surface area contributed by atoms with Crippen molar-refractivity contribution in [3.05, 3.63) is 47.5 Å². The molecule has 2 rings (SSSR count). The van der Waals surface area contributed by atoms with Crippen LogP contribution in [0.25, 0.3) is 0 Å². The summed E-state index contributed by atoms with van der Waals surface area (Å²) in [6.45, 7) is 8.29. The van der Waals surface area contributed by atoms with Gasteiger partial charge in [-0.2, -0.15) is 5.26 Å². The van der Waals surface area contributed by atoms with E-state index in [1.165, 1.54) is 5.56 Å². The van der Waals surface area contributed by atoms with Crippen LogP contribution in [0.2, 0.25) is 0 Å². The highest BCUT2D eigenvalue weighted by atomic mass is 16.5. The maximum atomic E-state index is 9.99. The van der Waals surface area contributed by atoms with Crippen molar-refractivity contribution in [2.75, 3.05) is 41.5 Å². The Labute approximate surface area is 199 Å². The zero-order valence-corrected chi connectivity index (χ0v) is 21.1. The molecule has 2 aromatic rings. The highest BCUT2D eigenvalue weighted by Gasteiger charge is 2.27. The lowest BCUT2D eigenvalue weighted by Gasteiger charge is -2.29. The molecule has 0 saturated heterocycles. The summed E-state index contributed by atoms with van der Waals surface area (Å²) < 4.78 is 21.5. The van der Waals surface area contributed by atoms with Gasteiger partial charge in [-0.15, -0.1) is 0 Å². The molecule has 2 aromatic carbocycles. The van der Waals surface area contributed by atoms with Gasteiger partial charge in [0, 0.05) is 12.6 Å². The third-order valence-corrected chi connectivity index (χ3v) is 6.26. The second-order valence-electron chi connectivity index (χ2n) is 8.69. The molecule has 6 heteroatoms. The monoisotopic (exact) mass is 454 g/mol. The molecule has 0 radical (unpaired) electrons. The largest absolute Gasteiger partial charge is 0.493 e. The molecule has 1 atom stereocenters. The first-order valence-corrected chi connectivity index (χ1v) is 11.4. The molecule has 33 heavy (non-hydrogen) atoms. The van der Waals surface area contributed by atoms with Crippen LogP contribution in [0.4, 0.5) is 0 Å². The van der Waals surface area contributed by atoms with Crippen molar-refractivity contribution < 1.29 is 18.9 Å². The summed E-state index contributed by atoms with van der Waals surface area (Å²) in [6, 6.07) is 14.8. The molecular weight excluding hydrogens is 416 g/mol. The Morgan fingerprint density at radius 3 is 1.97 bits per heavy atom. The van der Waals surface area contributed by atoms with Crippen LogP contribution in [0.1, 0.15) is 44.7 Å². The Bertz CT molecular complexity index is 938. The van der Waals surface area contributed by atoms with E-state index in [1.807, 2.05) is 37.3 Å². The Hall–Kier alpha value is -2.91. The van der Waals surface area contributed by atoms with Crippen molar-refractivity contribution in [1.29, 1.82) is 5.26 Å². The number of ether oxygens (including phenoxy) is 4. The maximum absolute atomic E-state index is 9.99. The zero-order valence-electron chi connectivity index (χ0n) is 21.1. The lowest BCUT2D eigenvalue weighted by atomic mass is 9.79. The fraction of sp³-hybridized carbons (Fsp3) is 0.519. The molecule has 180 valence electrons. The lowest BCUT2D eigenvalue weighted by molar-refractivity contribution is 0.216. The maximum Gasteiger partial charge on any atom is 0.161 e. The zero-order chi connectivity index (χ0) is 24.4. The first kappa shape index (κ1) is 26.3. The number of hydrogen-bond donors (Lipinski definition) is 0. The number of benzene rings is 2. The Balaban J connectivity index is 2.02. The second-order valence-corrected chi connectivity index (χ2v) is 8.69. The number of hydrogen-bond acceptors (Lipinski definition) is 6. The summed E-state index contributed by atoms with van der Waals surface area (Å²) in [5, 5.41) is 9.99. The van der Waals surface area contributed by atoms with E-state index in [0.29, 0.717) is 17.5 Å². The molecule has 0 aliphatic carbocycles. The molecule has 6 nitrogen and oxygen atoms in total. The Morgan fingerprint density at radius 2 is 1.42 bits per heavy atom. The second kappa shape index (κ2) is 12.4. The standard InChI is InChI=1S/C27H38N2O4/c1-20(2)29(16-13-21-9-11-23(30-4)25(17-21)32-6)15-8-14-27(3,19-28)22-10-12-24(31-5)26(18-22)33-7/h9-12,17-18,20H,8,13-16H2,1-7H3/t27-/m1/s1. The lowest BCUT2D eigenvalue weighted by Crippen LogP contribution is -2.34. The van der Waals surface area contributed by atoms with Gasteiger partial charge in [-0.05, 0) is 82.0 Å². The number of nitriles is 1. The number of rotatable bonds is 13. The van der Waals surface area contributed by atoms with Gasteiger partial charge in [0.1, 0.15) is 0 Å². The van der Waals surface area contributed by atoms with E-state index in [0.717, 1.165) is 49.4 Å². The van der Waals surface area contributed by atoms with E-state index in [4.69, 9.17) is 18.9 Å². The SMILES string of the molecule is COc1ccc(CCN(CCC[C@](C)(C#N)c2ccc(OC)c(OC)c2)C(C)C)cc1OC. The molecule has 0 amide bonds. The van der Waals surface area contributed by atoms with Crippen molar-refractivity contribution in [1.82, 2.24) is 4.90 Å². The smallest absolute Gasteiger partial charge is 0.161 e. The van der Waals surface area contributed by atoms with Gasteiger partial charge in [0.25, 0.3) is 0 Å². The molecule has 0 aromatic heterocycles. The topological polar surface area (TPSA) is 64.0 Å². The third kappa shape index (κ3) is 6.79. The third-order valence-electron chi connectivity index (χ3n) is 6.26. The fourth-order valence-corrected chi connectivity index (χ4v) is 4.02. The average Bonchev–Trinajstić information content (AvgIpc) is 2.84. The molecular formula is C27H38N2O4. The van der Waals surface area contributed by atoms with Crippen LogP contribution in [0.15, 0.2) is 36.4 Å². The fourth-order valence-electron chi connectivity index (χ4n) is 4.02. The highest BCUT2D eigenvalue weighted by Crippen LogP contribution is 2.35.